The first kappa shape index (κ1) is 43.8. The number of fused-ring (bicyclic) bond motifs is 14. The summed E-state index contributed by atoms with van der Waals surface area (Å²) in [5.41, 5.74) is 19.7. The fourth-order valence-electron chi connectivity index (χ4n) is 12.5. The summed E-state index contributed by atoms with van der Waals surface area (Å²) in [6.45, 7) is 5.86. The van der Waals surface area contributed by atoms with Crippen LogP contribution < -0.4 is 28.4 Å². The molecule has 14 rings (SSSR count). The Kier molecular flexibility index (Phi) is 9.93. The molecule has 358 valence electrons. The van der Waals surface area contributed by atoms with Crippen molar-refractivity contribution in [3.05, 3.63) is 285 Å². The standard InChI is InChI=1S/C68H50O6/c1-41-19-5-13-31-59(41)71-65(72-60-32-14-6-20-42(60)2)69-45-35-37-49-50-38-36-46(70-66(73-61-33-15-7-21-43(61)3)74-62-34-16-8-22-44(62)4)40-58(50)68(57(49)39-45)55-29-17-27-53-63(55)64-54(28-18-30-56(64)68)67(53)51-25-11-9-23-47(51)48-24-10-12-26-52(48)67/h5-40,65-66H,1-4H3. The van der Waals surface area contributed by atoms with Crippen molar-refractivity contribution in [2.75, 3.05) is 0 Å². The molecular formula is C68H50O6. The Labute approximate surface area is 431 Å². The number of hydrogen-bond donors (Lipinski definition) is 0. The lowest BCUT2D eigenvalue weighted by atomic mass is 9.65. The third-order valence-electron chi connectivity index (χ3n) is 15.8. The SMILES string of the molecule is Cc1ccccc1OC(Oc1ccc2c(c1)C1(c3cc(OC(Oc4ccccc4C)Oc4ccccc4C)ccc3-2)c2cccc3c2-c2c(cccc21)C31c2ccccc2-c2ccccc21)Oc1ccccc1C. The van der Waals surface area contributed by atoms with Crippen molar-refractivity contribution in [3.8, 4) is 67.9 Å². The lowest BCUT2D eigenvalue weighted by Gasteiger charge is -2.36. The molecule has 4 aliphatic rings. The second-order valence-electron chi connectivity index (χ2n) is 19.8. The van der Waals surface area contributed by atoms with Gasteiger partial charge in [0, 0.05) is 0 Å². The van der Waals surface area contributed by atoms with Gasteiger partial charge in [0.15, 0.2) is 0 Å². The Morgan fingerprint density at radius 3 is 0.892 bits per heavy atom. The molecule has 0 atom stereocenters. The zero-order valence-electron chi connectivity index (χ0n) is 41.4. The molecule has 10 aromatic rings. The summed E-state index contributed by atoms with van der Waals surface area (Å²) in [5, 5.41) is 0. The summed E-state index contributed by atoms with van der Waals surface area (Å²) in [5.74, 6) is 3.89. The van der Waals surface area contributed by atoms with Gasteiger partial charge >= 0.3 is 13.0 Å². The van der Waals surface area contributed by atoms with Crippen LogP contribution in [-0.2, 0) is 10.8 Å². The maximum Gasteiger partial charge on any atom is 0.406 e. The molecule has 6 heteroatoms. The van der Waals surface area contributed by atoms with E-state index in [1.54, 1.807) is 0 Å². The molecule has 10 aromatic carbocycles. The second kappa shape index (κ2) is 16.8. The molecule has 0 fully saturated rings. The van der Waals surface area contributed by atoms with Crippen LogP contribution in [0.2, 0.25) is 0 Å². The Hall–Kier alpha value is -9.00. The lowest BCUT2D eigenvalue weighted by molar-refractivity contribution is -0.141. The van der Waals surface area contributed by atoms with Crippen LogP contribution in [0.15, 0.2) is 218 Å². The zero-order valence-corrected chi connectivity index (χ0v) is 41.4. The maximum atomic E-state index is 6.93. The fourth-order valence-corrected chi connectivity index (χ4v) is 12.5. The summed E-state index contributed by atoms with van der Waals surface area (Å²) < 4.78 is 40.3. The van der Waals surface area contributed by atoms with Crippen molar-refractivity contribution in [1.82, 2.24) is 0 Å². The molecule has 2 spiro atoms. The first-order valence-corrected chi connectivity index (χ1v) is 25.3. The van der Waals surface area contributed by atoms with Crippen LogP contribution in [0.25, 0.3) is 33.4 Å². The van der Waals surface area contributed by atoms with E-state index in [2.05, 4.69) is 109 Å². The average molecular weight is 963 g/mol. The van der Waals surface area contributed by atoms with E-state index in [9.17, 15) is 0 Å². The van der Waals surface area contributed by atoms with E-state index in [1.807, 2.05) is 137 Å². The van der Waals surface area contributed by atoms with Crippen LogP contribution in [0, 0.1) is 27.7 Å². The minimum atomic E-state index is -1.11. The van der Waals surface area contributed by atoms with Gasteiger partial charge in [0.05, 0.1) is 10.8 Å². The van der Waals surface area contributed by atoms with E-state index in [-0.39, 0.29) is 0 Å². The van der Waals surface area contributed by atoms with Gasteiger partial charge in [-0.3, -0.25) is 0 Å². The molecule has 74 heavy (non-hydrogen) atoms. The number of benzene rings is 10. The molecule has 0 radical (unpaired) electrons. The topological polar surface area (TPSA) is 55.4 Å². The molecule has 6 nitrogen and oxygen atoms in total. The molecule has 0 amide bonds. The Morgan fingerprint density at radius 1 is 0.257 bits per heavy atom. The lowest BCUT2D eigenvalue weighted by Crippen LogP contribution is -2.32. The van der Waals surface area contributed by atoms with Crippen LogP contribution in [0.4, 0.5) is 0 Å². The average Bonchev–Trinajstić information content (AvgIpc) is 4.14. The molecule has 0 saturated heterocycles. The normalized spacial score (nSPS) is 13.9. The predicted molar refractivity (Wildman–Crippen MR) is 290 cm³/mol. The van der Waals surface area contributed by atoms with Crippen molar-refractivity contribution < 1.29 is 28.4 Å². The summed E-state index contributed by atoms with van der Waals surface area (Å²) in [6.07, 6.45) is 0. The fraction of sp³-hybridized carbons (Fsp3) is 0.118. The van der Waals surface area contributed by atoms with E-state index < -0.39 is 23.8 Å². The highest BCUT2D eigenvalue weighted by Gasteiger charge is 2.60. The molecule has 0 unspecified atom stereocenters. The van der Waals surface area contributed by atoms with Crippen LogP contribution in [0.3, 0.4) is 0 Å². The summed E-state index contributed by atoms with van der Waals surface area (Å²) in [4.78, 5) is 0. The van der Waals surface area contributed by atoms with Crippen molar-refractivity contribution in [1.29, 1.82) is 0 Å². The van der Waals surface area contributed by atoms with Crippen molar-refractivity contribution >= 4 is 0 Å². The number of rotatable bonds is 12. The Bertz CT molecular complexity index is 3560. The molecule has 4 aliphatic carbocycles. The van der Waals surface area contributed by atoms with E-state index >= 15 is 0 Å². The Balaban J connectivity index is 0.960. The summed E-state index contributed by atoms with van der Waals surface area (Å²) in [6, 6.07) is 76.4. The van der Waals surface area contributed by atoms with E-state index in [4.69, 9.17) is 28.4 Å². The van der Waals surface area contributed by atoms with Gasteiger partial charge in [-0.15, -0.1) is 0 Å². The van der Waals surface area contributed by atoms with Crippen molar-refractivity contribution in [3.63, 3.8) is 0 Å². The molecule has 0 aromatic heterocycles. The number of hydrogen-bond acceptors (Lipinski definition) is 6. The quantitative estimate of drug-likeness (QED) is 0.114. The van der Waals surface area contributed by atoms with Gasteiger partial charge in [-0.25, -0.2) is 0 Å². The number of ether oxygens (including phenoxy) is 6. The maximum absolute atomic E-state index is 6.93. The molecule has 0 bridgehead atoms. The second-order valence-corrected chi connectivity index (χ2v) is 19.8. The zero-order chi connectivity index (χ0) is 49.7. The monoisotopic (exact) mass is 962 g/mol. The molecule has 0 aliphatic heterocycles. The van der Waals surface area contributed by atoms with Gasteiger partial charge in [-0.2, -0.15) is 0 Å². The first-order valence-electron chi connectivity index (χ1n) is 25.3. The highest BCUT2D eigenvalue weighted by atomic mass is 16.9. The molecular weight excluding hydrogens is 913 g/mol. The van der Waals surface area contributed by atoms with Crippen molar-refractivity contribution in [2.45, 2.75) is 51.5 Å². The van der Waals surface area contributed by atoms with Gasteiger partial charge in [-0.1, -0.05) is 170 Å². The smallest absolute Gasteiger partial charge is 0.406 e. The van der Waals surface area contributed by atoms with Gasteiger partial charge in [0.1, 0.15) is 34.5 Å². The van der Waals surface area contributed by atoms with Crippen molar-refractivity contribution in [2.24, 2.45) is 0 Å². The minimum absolute atomic E-state index is 0.494. The van der Waals surface area contributed by atoms with E-state index in [0.717, 1.165) is 44.5 Å². The minimum Gasteiger partial charge on any atom is -0.423 e. The summed E-state index contributed by atoms with van der Waals surface area (Å²) >= 11 is 0. The highest BCUT2D eigenvalue weighted by molar-refractivity contribution is 6.04. The van der Waals surface area contributed by atoms with Gasteiger partial charge in [0.25, 0.3) is 0 Å². The summed E-state index contributed by atoms with van der Waals surface area (Å²) in [7, 11) is 0. The van der Waals surface area contributed by atoms with E-state index in [0.29, 0.717) is 34.5 Å². The molecule has 0 N–H and O–H groups in total. The largest absolute Gasteiger partial charge is 0.423 e. The van der Waals surface area contributed by atoms with E-state index in [1.165, 1.54) is 55.6 Å². The third-order valence-corrected chi connectivity index (χ3v) is 15.8. The van der Waals surface area contributed by atoms with Gasteiger partial charge < -0.3 is 28.4 Å². The van der Waals surface area contributed by atoms with Crippen LogP contribution >= 0.6 is 0 Å². The molecule has 0 heterocycles. The first-order chi connectivity index (χ1) is 36.3. The van der Waals surface area contributed by atoms with Crippen LogP contribution in [0.5, 0.6) is 34.5 Å². The molecule has 0 saturated carbocycles. The van der Waals surface area contributed by atoms with Gasteiger partial charge in [-0.05, 0) is 176 Å². The van der Waals surface area contributed by atoms with Crippen LogP contribution in [0.1, 0.15) is 66.8 Å². The Morgan fingerprint density at radius 2 is 0.541 bits per heavy atom. The third kappa shape index (κ3) is 6.37. The van der Waals surface area contributed by atoms with Gasteiger partial charge in [0.2, 0.25) is 0 Å². The number of aryl methyl sites for hydroxylation is 4. The highest BCUT2D eigenvalue weighted by Crippen LogP contribution is 2.72. The number of para-hydroxylation sites is 4. The van der Waals surface area contributed by atoms with Crippen LogP contribution in [-0.4, -0.2) is 13.0 Å². The predicted octanol–water partition coefficient (Wildman–Crippen LogP) is 15.6.